The lowest BCUT2D eigenvalue weighted by atomic mass is 10.0. The van der Waals surface area contributed by atoms with Crippen LogP contribution in [0.25, 0.3) is 0 Å². The normalized spacial score (nSPS) is 12.4. The van der Waals surface area contributed by atoms with Crippen molar-refractivity contribution in [2.24, 2.45) is 0 Å². The third-order valence-electron chi connectivity index (χ3n) is 4.82. The monoisotopic (exact) mass is 444 g/mol. The minimum Gasteiger partial charge on any atom is -0.484 e. The fourth-order valence-corrected chi connectivity index (χ4v) is 3.28. The maximum absolute atomic E-state index is 13.1. The van der Waals surface area contributed by atoms with Crippen molar-refractivity contribution in [1.29, 1.82) is 0 Å². The molecular weight excluding hydrogens is 412 g/mol. The first kappa shape index (κ1) is 24.7. The van der Waals surface area contributed by atoms with Gasteiger partial charge in [0.1, 0.15) is 11.8 Å². The zero-order chi connectivity index (χ0) is 23.2. The third-order valence-corrected chi connectivity index (χ3v) is 5.05. The highest BCUT2D eigenvalue weighted by Crippen LogP contribution is 2.19. The minimum absolute atomic E-state index is 0.158. The fourth-order valence-electron chi connectivity index (χ4n) is 3.07. The zero-order valence-corrected chi connectivity index (χ0v) is 20.0. The van der Waals surface area contributed by atoms with Crippen LogP contribution in [0.1, 0.15) is 58.6 Å². The first-order chi connectivity index (χ1) is 14.5. The molecule has 0 aliphatic carbocycles. The summed E-state index contributed by atoms with van der Waals surface area (Å²) in [5, 5.41) is 3.52. The van der Waals surface area contributed by atoms with Crippen LogP contribution in [0.2, 0.25) is 5.02 Å². The Morgan fingerprint density at radius 2 is 1.71 bits per heavy atom. The van der Waals surface area contributed by atoms with Crippen molar-refractivity contribution in [3.05, 3.63) is 64.7 Å². The number of hydrogen-bond acceptors (Lipinski definition) is 3. The maximum atomic E-state index is 13.1. The minimum atomic E-state index is -0.669. The number of nitrogens with one attached hydrogen (secondary N) is 1. The summed E-state index contributed by atoms with van der Waals surface area (Å²) >= 11 is 6.11. The van der Waals surface area contributed by atoms with Crippen LogP contribution in [-0.4, -0.2) is 34.9 Å². The molecule has 0 heterocycles. The highest BCUT2D eigenvalue weighted by molar-refractivity contribution is 6.30. The molecule has 1 N–H and O–H groups in total. The van der Waals surface area contributed by atoms with Crippen molar-refractivity contribution in [2.75, 3.05) is 6.61 Å². The molecule has 1 atom stereocenters. The Bertz CT molecular complexity index is 888. The van der Waals surface area contributed by atoms with Crippen LogP contribution in [0.15, 0.2) is 48.5 Å². The average Bonchev–Trinajstić information content (AvgIpc) is 2.68. The van der Waals surface area contributed by atoms with Gasteiger partial charge in [-0.25, -0.2) is 0 Å². The molecule has 0 spiro atoms. The Morgan fingerprint density at radius 1 is 1.06 bits per heavy atom. The molecule has 6 heteroatoms. The number of nitrogens with zero attached hydrogens (tertiary/aromatic N) is 1. The van der Waals surface area contributed by atoms with Gasteiger partial charge in [-0.3, -0.25) is 9.59 Å². The Hall–Kier alpha value is -2.53. The number of hydrogen-bond donors (Lipinski definition) is 1. The first-order valence-corrected chi connectivity index (χ1v) is 10.9. The Kier molecular flexibility index (Phi) is 8.52. The molecule has 168 valence electrons. The van der Waals surface area contributed by atoms with Crippen molar-refractivity contribution < 1.29 is 14.3 Å². The summed E-state index contributed by atoms with van der Waals surface area (Å²) < 4.78 is 5.73. The number of ether oxygens (including phenoxy) is 1. The number of benzene rings is 2. The summed E-state index contributed by atoms with van der Waals surface area (Å²) in [6.45, 7) is 11.8. The van der Waals surface area contributed by atoms with E-state index in [4.69, 9.17) is 16.3 Å². The standard InChI is InChI=1S/C25H33ClN2O3/c1-17(2)20-10-12-22(13-11-20)31-16-23(29)28(15-19-8-7-9-21(26)14-19)18(3)24(30)27-25(4,5)6/h7-14,17-18H,15-16H2,1-6H3,(H,27,30). The van der Waals surface area contributed by atoms with E-state index in [1.165, 1.54) is 10.5 Å². The summed E-state index contributed by atoms with van der Waals surface area (Å²) in [5.74, 6) is 0.548. The van der Waals surface area contributed by atoms with E-state index in [-0.39, 0.29) is 25.0 Å². The molecule has 0 bridgehead atoms. The van der Waals surface area contributed by atoms with Crippen molar-refractivity contribution in [2.45, 2.75) is 65.6 Å². The van der Waals surface area contributed by atoms with E-state index in [0.29, 0.717) is 16.7 Å². The highest BCUT2D eigenvalue weighted by Gasteiger charge is 2.28. The van der Waals surface area contributed by atoms with Crippen LogP contribution in [0.4, 0.5) is 0 Å². The van der Waals surface area contributed by atoms with E-state index in [0.717, 1.165) is 5.56 Å². The quantitative estimate of drug-likeness (QED) is 0.610. The van der Waals surface area contributed by atoms with E-state index in [1.807, 2.05) is 57.2 Å². The molecule has 0 saturated heterocycles. The molecule has 0 fully saturated rings. The van der Waals surface area contributed by atoms with Gasteiger partial charge in [0, 0.05) is 17.1 Å². The molecule has 5 nitrogen and oxygen atoms in total. The number of carbonyl (C=O) groups excluding carboxylic acids is 2. The van der Waals surface area contributed by atoms with Gasteiger partial charge in [0.2, 0.25) is 5.91 Å². The van der Waals surface area contributed by atoms with Crippen LogP contribution < -0.4 is 10.1 Å². The Balaban J connectivity index is 2.15. The Labute approximate surface area is 190 Å². The molecule has 0 aliphatic rings. The van der Waals surface area contributed by atoms with Crippen molar-refractivity contribution in [3.8, 4) is 5.75 Å². The number of carbonyl (C=O) groups is 2. The van der Waals surface area contributed by atoms with Gasteiger partial charge in [-0.2, -0.15) is 0 Å². The van der Waals surface area contributed by atoms with E-state index in [2.05, 4.69) is 19.2 Å². The fraction of sp³-hybridized carbons (Fsp3) is 0.440. The lowest BCUT2D eigenvalue weighted by molar-refractivity contribution is -0.142. The van der Waals surface area contributed by atoms with Gasteiger partial charge in [-0.05, 0) is 69.0 Å². The van der Waals surface area contributed by atoms with E-state index in [1.54, 1.807) is 19.1 Å². The predicted octanol–water partition coefficient (Wildman–Crippen LogP) is 5.17. The van der Waals surface area contributed by atoms with Gasteiger partial charge in [0.25, 0.3) is 5.91 Å². The number of rotatable bonds is 8. The van der Waals surface area contributed by atoms with Gasteiger partial charge >= 0.3 is 0 Å². The average molecular weight is 445 g/mol. The molecule has 0 aliphatic heterocycles. The topological polar surface area (TPSA) is 58.6 Å². The molecule has 1 unspecified atom stereocenters. The van der Waals surface area contributed by atoms with Crippen molar-refractivity contribution in [3.63, 3.8) is 0 Å². The lowest BCUT2D eigenvalue weighted by Crippen LogP contribution is -2.53. The summed E-state index contributed by atoms with van der Waals surface area (Å²) in [6, 6.07) is 14.3. The molecule has 0 radical (unpaired) electrons. The van der Waals surface area contributed by atoms with Gasteiger partial charge in [-0.1, -0.05) is 49.7 Å². The lowest BCUT2D eigenvalue weighted by Gasteiger charge is -2.31. The van der Waals surface area contributed by atoms with Crippen LogP contribution >= 0.6 is 11.6 Å². The molecular formula is C25H33ClN2O3. The maximum Gasteiger partial charge on any atom is 0.261 e. The molecule has 2 aromatic carbocycles. The van der Waals surface area contributed by atoms with Crippen LogP contribution in [0.5, 0.6) is 5.75 Å². The summed E-state index contributed by atoms with van der Waals surface area (Å²) in [5.41, 5.74) is 1.65. The summed E-state index contributed by atoms with van der Waals surface area (Å²) in [4.78, 5) is 27.4. The number of amides is 2. The van der Waals surface area contributed by atoms with E-state index < -0.39 is 11.6 Å². The summed E-state index contributed by atoms with van der Waals surface area (Å²) in [6.07, 6.45) is 0. The second-order valence-electron chi connectivity index (χ2n) is 9.08. The Morgan fingerprint density at radius 3 is 2.26 bits per heavy atom. The first-order valence-electron chi connectivity index (χ1n) is 10.5. The molecule has 0 saturated carbocycles. The number of halogens is 1. The van der Waals surface area contributed by atoms with E-state index >= 15 is 0 Å². The molecule has 31 heavy (non-hydrogen) atoms. The smallest absolute Gasteiger partial charge is 0.261 e. The van der Waals surface area contributed by atoms with E-state index in [9.17, 15) is 9.59 Å². The second kappa shape index (κ2) is 10.7. The SMILES string of the molecule is CC(C)c1ccc(OCC(=O)N(Cc2cccc(Cl)c2)C(C)C(=O)NC(C)(C)C)cc1. The van der Waals surface area contributed by atoms with Crippen LogP contribution in [-0.2, 0) is 16.1 Å². The molecule has 0 aromatic heterocycles. The van der Waals surface area contributed by atoms with Crippen LogP contribution in [0, 0.1) is 0 Å². The summed E-state index contributed by atoms with van der Waals surface area (Å²) in [7, 11) is 0. The predicted molar refractivity (Wildman–Crippen MR) is 125 cm³/mol. The van der Waals surface area contributed by atoms with Gasteiger partial charge in [-0.15, -0.1) is 0 Å². The highest BCUT2D eigenvalue weighted by atomic mass is 35.5. The van der Waals surface area contributed by atoms with Crippen molar-refractivity contribution in [1.82, 2.24) is 10.2 Å². The molecule has 2 amide bonds. The van der Waals surface area contributed by atoms with Crippen LogP contribution in [0.3, 0.4) is 0 Å². The molecule has 2 aromatic rings. The zero-order valence-electron chi connectivity index (χ0n) is 19.2. The van der Waals surface area contributed by atoms with Gasteiger partial charge < -0.3 is 15.0 Å². The third kappa shape index (κ3) is 7.91. The molecule has 2 rings (SSSR count). The largest absolute Gasteiger partial charge is 0.484 e. The second-order valence-corrected chi connectivity index (χ2v) is 9.52. The van der Waals surface area contributed by atoms with Gasteiger partial charge in [0.05, 0.1) is 0 Å². The van der Waals surface area contributed by atoms with Gasteiger partial charge in [0.15, 0.2) is 6.61 Å². The van der Waals surface area contributed by atoms with Crippen molar-refractivity contribution >= 4 is 23.4 Å².